The second-order valence-electron chi connectivity index (χ2n) is 7.12. The molecule has 2 bridgehead atoms. The Bertz CT molecular complexity index is 698. The first-order chi connectivity index (χ1) is 11.7. The minimum atomic E-state index is -0.140. The number of hydrogen-bond acceptors (Lipinski definition) is 4. The van der Waals surface area contributed by atoms with Crippen LogP contribution in [0.2, 0.25) is 0 Å². The third-order valence-corrected chi connectivity index (χ3v) is 5.48. The molecule has 24 heavy (non-hydrogen) atoms. The molecule has 0 saturated heterocycles. The Morgan fingerprint density at radius 3 is 2.58 bits per heavy atom. The van der Waals surface area contributed by atoms with Crippen LogP contribution in [0, 0.1) is 11.8 Å². The highest BCUT2D eigenvalue weighted by atomic mass is 16.5. The van der Waals surface area contributed by atoms with Gasteiger partial charge in [-0.1, -0.05) is 41.9 Å². The monoisotopic (exact) mass is 325 g/mol. The number of nitrogens with zero attached hydrogens (tertiary/aromatic N) is 1. The average Bonchev–Trinajstić information content (AvgIpc) is 3.07. The summed E-state index contributed by atoms with van der Waals surface area (Å²) in [7, 11) is 0. The Kier molecular flexibility index (Phi) is 4.10. The van der Waals surface area contributed by atoms with Gasteiger partial charge in [0.2, 0.25) is 0 Å². The molecule has 5 nitrogen and oxygen atoms in total. The van der Waals surface area contributed by atoms with Crippen molar-refractivity contribution in [1.82, 2.24) is 10.5 Å². The molecule has 3 N–H and O–H groups in total. The Morgan fingerprint density at radius 2 is 1.88 bits per heavy atom. The smallest absolute Gasteiger partial charge is 0.273 e. The fraction of sp³-hybridized carbons (Fsp3) is 0.474. The maximum absolute atomic E-state index is 12.6. The van der Waals surface area contributed by atoms with Gasteiger partial charge in [0.05, 0.1) is 0 Å². The van der Waals surface area contributed by atoms with Crippen LogP contribution in [0.1, 0.15) is 42.6 Å². The van der Waals surface area contributed by atoms with Crippen molar-refractivity contribution >= 4 is 5.91 Å². The SMILES string of the molecule is NC1CC2CCCC(C1)C2NC(=O)c1cc(-c2ccccc2)on1. The standard InChI is InChI=1S/C19H23N3O2/c20-15-9-13-7-4-8-14(10-15)18(13)21-19(23)16-11-17(24-22-16)12-5-2-1-3-6-12/h1-3,5-6,11,13-15,18H,4,7-10,20H2,(H,21,23). The van der Waals surface area contributed by atoms with Crippen LogP contribution in [0.15, 0.2) is 40.9 Å². The van der Waals surface area contributed by atoms with E-state index < -0.39 is 0 Å². The van der Waals surface area contributed by atoms with Crippen molar-refractivity contribution in [2.24, 2.45) is 17.6 Å². The highest BCUT2D eigenvalue weighted by Crippen LogP contribution is 2.39. The van der Waals surface area contributed by atoms with Crippen molar-refractivity contribution in [3.8, 4) is 11.3 Å². The van der Waals surface area contributed by atoms with Crippen molar-refractivity contribution < 1.29 is 9.32 Å². The summed E-state index contributed by atoms with van der Waals surface area (Å²) < 4.78 is 5.34. The highest BCUT2D eigenvalue weighted by molar-refractivity contribution is 5.93. The highest BCUT2D eigenvalue weighted by Gasteiger charge is 2.40. The molecule has 2 unspecified atom stereocenters. The van der Waals surface area contributed by atoms with Crippen molar-refractivity contribution in [1.29, 1.82) is 0 Å². The fourth-order valence-electron chi connectivity index (χ4n) is 4.37. The van der Waals surface area contributed by atoms with Crippen LogP contribution in [-0.4, -0.2) is 23.1 Å². The summed E-state index contributed by atoms with van der Waals surface area (Å²) in [6.07, 6.45) is 5.58. The molecule has 2 atom stereocenters. The molecule has 2 aliphatic rings. The predicted octanol–water partition coefficient (Wildman–Crippen LogP) is 2.98. The van der Waals surface area contributed by atoms with E-state index in [-0.39, 0.29) is 18.0 Å². The number of nitrogens with one attached hydrogen (secondary N) is 1. The van der Waals surface area contributed by atoms with Gasteiger partial charge in [-0.25, -0.2) is 0 Å². The van der Waals surface area contributed by atoms with Gasteiger partial charge in [-0.15, -0.1) is 0 Å². The molecule has 0 radical (unpaired) electrons. The molecule has 2 aromatic rings. The molecule has 2 fully saturated rings. The van der Waals surface area contributed by atoms with Crippen LogP contribution >= 0.6 is 0 Å². The molecule has 1 heterocycles. The van der Waals surface area contributed by atoms with Gasteiger partial charge in [-0.3, -0.25) is 4.79 Å². The number of nitrogens with two attached hydrogens (primary N) is 1. The zero-order valence-electron chi connectivity index (χ0n) is 13.7. The van der Waals surface area contributed by atoms with Gasteiger partial charge in [0, 0.05) is 23.7 Å². The lowest BCUT2D eigenvalue weighted by molar-refractivity contribution is 0.0748. The molecule has 126 valence electrons. The Hall–Kier alpha value is -2.14. The van der Waals surface area contributed by atoms with E-state index in [2.05, 4.69) is 10.5 Å². The Morgan fingerprint density at radius 1 is 1.17 bits per heavy atom. The maximum Gasteiger partial charge on any atom is 0.273 e. The van der Waals surface area contributed by atoms with Crippen LogP contribution in [0.4, 0.5) is 0 Å². The van der Waals surface area contributed by atoms with E-state index >= 15 is 0 Å². The molecule has 2 saturated carbocycles. The van der Waals surface area contributed by atoms with Gasteiger partial charge in [0.15, 0.2) is 11.5 Å². The van der Waals surface area contributed by atoms with Crippen molar-refractivity contribution in [3.63, 3.8) is 0 Å². The summed E-state index contributed by atoms with van der Waals surface area (Å²) in [6.45, 7) is 0. The number of rotatable bonds is 3. The van der Waals surface area contributed by atoms with Crippen molar-refractivity contribution in [2.75, 3.05) is 0 Å². The predicted molar refractivity (Wildman–Crippen MR) is 91.2 cm³/mol. The number of carbonyl (C=O) groups is 1. The van der Waals surface area contributed by atoms with E-state index in [1.165, 1.54) is 6.42 Å². The van der Waals surface area contributed by atoms with Gasteiger partial charge in [0.1, 0.15) is 0 Å². The third-order valence-electron chi connectivity index (χ3n) is 5.48. The summed E-state index contributed by atoms with van der Waals surface area (Å²) in [6, 6.07) is 11.9. The zero-order valence-corrected chi connectivity index (χ0v) is 13.7. The first kappa shape index (κ1) is 15.4. The molecule has 1 aromatic heterocycles. The summed E-state index contributed by atoms with van der Waals surface area (Å²) in [5.74, 6) is 1.47. The molecule has 1 amide bonds. The van der Waals surface area contributed by atoms with Gasteiger partial charge < -0.3 is 15.6 Å². The first-order valence-electron chi connectivity index (χ1n) is 8.79. The van der Waals surface area contributed by atoms with Crippen molar-refractivity contribution in [3.05, 3.63) is 42.1 Å². The molecule has 5 heteroatoms. The molecular weight excluding hydrogens is 302 g/mol. The number of benzene rings is 1. The number of fused-ring (bicyclic) bond motifs is 2. The summed E-state index contributed by atoms with van der Waals surface area (Å²) in [5.41, 5.74) is 7.43. The van der Waals surface area contributed by atoms with E-state index in [1.54, 1.807) is 6.07 Å². The van der Waals surface area contributed by atoms with Crippen LogP contribution < -0.4 is 11.1 Å². The largest absolute Gasteiger partial charge is 0.355 e. The van der Waals surface area contributed by atoms with Crippen LogP contribution in [-0.2, 0) is 0 Å². The third kappa shape index (κ3) is 2.96. The first-order valence-corrected chi connectivity index (χ1v) is 8.79. The molecule has 2 aliphatic carbocycles. The number of aromatic nitrogens is 1. The summed E-state index contributed by atoms with van der Waals surface area (Å²) >= 11 is 0. The van der Waals surface area contributed by atoms with Crippen LogP contribution in [0.5, 0.6) is 0 Å². The minimum Gasteiger partial charge on any atom is -0.355 e. The number of hydrogen-bond donors (Lipinski definition) is 2. The van der Waals surface area contributed by atoms with Crippen molar-refractivity contribution in [2.45, 2.75) is 44.2 Å². The van der Waals surface area contributed by atoms with Gasteiger partial charge in [-0.05, 0) is 37.5 Å². The topological polar surface area (TPSA) is 81.1 Å². The Balaban J connectivity index is 1.48. The van der Waals surface area contributed by atoms with E-state index in [0.717, 1.165) is 31.2 Å². The second kappa shape index (κ2) is 6.40. The molecule has 4 rings (SSSR count). The fourth-order valence-corrected chi connectivity index (χ4v) is 4.37. The van der Waals surface area contributed by atoms with Gasteiger partial charge in [-0.2, -0.15) is 0 Å². The number of carbonyl (C=O) groups excluding carboxylic acids is 1. The maximum atomic E-state index is 12.6. The van der Waals surface area contributed by atoms with Gasteiger partial charge >= 0.3 is 0 Å². The number of amides is 1. The lowest BCUT2D eigenvalue weighted by Gasteiger charge is -2.45. The molecule has 1 aromatic carbocycles. The van der Waals surface area contributed by atoms with Crippen LogP contribution in [0.3, 0.4) is 0 Å². The molecule has 0 aliphatic heterocycles. The second-order valence-corrected chi connectivity index (χ2v) is 7.12. The Labute approximate surface area is 141 Å². The van der Waals surface area contributed by atoms with E-state index in [0.29, 0.717) is 23.3 Å². The minimum absolute atomic E-state index is 0.140. The van der Waals surface area contributed by atoms with E-state index in [4.69, 9.17) is 10.3 Å². The quantitative estimate of drug-likeness (QED) is 0.909. The summed E-state index contributed by atoms with van der Waals surface area (Å²) in [5, 5.41) is 7.16. The summed E-state index contributed by atoms with van der Waals surface area (Å²) in [4.78, 5) is 12.6. The molecule has 0 spiro atoms. The normalized spacial score (nSPS) is 29.2. The van der Waals surface area contributed by atoms with Gasteiger partial charge in [0.25, 0.3) is 5.91 Å². The van der Waals surface area contributed by atoms with Crippen LogP contribution in [0.25, 0.3) is 11.3 Å². The van der Waals surface area contributed by atoms with E-state index in [9.17, 15) is 4.79 Å². The average molecular weight is 325 g/mol. The lowest BCUT2D eigenvalue weighted by Crippen LogP contribution is -2.53. The lowest BCUT2D eigenvalue weighted by atomic mass is 9.67. The van der Waals surface area contributed by atoms with E-state index in [1.807, 2.05) is 30.3 Å². The molecular formula is C19H23N3O2. The zero-order chi connectivity index (χ0) is 16.5.